The minimum absolute atomic E-state index is 0.0785. The van der Waals surface area contributed by atoms with Crippen LogP contribution < -0.4 is 10.6 Å². The average Bonchev–Trinajstić information content (AvgIpc) is 3.33. The van der Waals surface area contributed by atoms with Gasteiger partial charge in [-0.1, -0.05) is 12.1 Å². The molecule has 1 fully saturated rings. The number of hydrogen-bond donors (Lipinski definition) is 2. The number of thiazole rings is 1. The number of amides is 2. The summed E-state index contributed by atoms with van der Waals surface area (Å²) < 4.78 is 1.81. The third kappa shape index (κ3) is 4.14. The molecular weight excluding hydrogens is 372 g/mol. The lowest BCUT2D eigenvalue weighted by Gasteiger charge is -2.09. The zero-order valence-corrected chi connectivity index (χ0v) is 16.7. The molecule has 0 bridgehead atoms. The van der Waals surface area contributed by atoms with Gasteiger partial charge < -0.3 is 15.2 Å². The smallest absolute Gasteiger partial charge is 0.268 e. The summed E-state index contributed by atoms with van der Waals surface area (Å²) in [6, 6.07) is 9.44. The van der Waals surface area contributed by atoms with Gasteiger partial charge in [0, 0.05) is 42.3 Å². The fourth-order valence-corrected chi connectivity index (χ4v) is 3.67. The third-order valence-corrected chi connectivity index (χ3v) is 5.52. The Labute approximate surface area is 167 Å². The zero-order valence-electron chi connectivity index (χ0n) is 15.9. The van der Waals surface area contributed by atoms with Crippen molar-refractivity contribution in [3.8, 4) is 11.3 Å². The van der Waals surface area contributed by atoms with Crippen molar-refractivity contribution in [3.63, 3.8) is 0 Å². The molecule has 0 spiro atoms. The topological polar surface area (TPSA) is 76.0 Å². The van der Waals surface area contributed by atoms with Crippen LogP contribution in [0.1, 0.15) is 33.9 Å². The highest BCUT2D eigenvalue weighted by Gasteiger charge is 2.29. The number of carbonyl (C=O) groups excluding carboxylic acids is 2. The fraction of sp³-hybridized carbons (Fsp3) is 0.286. The van der Waals surface area contributed by atoms with Gasteiger partial charge in [0.1, 0.15) is 5.69 Å². The highest BCUT2D eigenvalue weighted by molar-refractivity contribution is 7.09. The molecule has 0 unspecified atom stereocenters. The van der Waals surface area contributed by atoms with Gasteiger partial charge in [0.15, 0.2) is 0 Å². The van der Waals surface area contributed by atoms with Crippen molar-refractivity contribution in [2.24, 2.45) is 13.0 Å². The molecular formula is C21H22N4O2S. The Morgan fingerprint density at radius 1 is 1.29 bits per heavy atom. The van der Waals surface area contributed by atoms with Crippen molar-refractivity contribution in [2.45, 2.75) is 26.3 Å². The molecule has 2 aromatic heterocycles. The first-order valence-corrected chi connectivity index (χ1v) is 10.1. The standard InChI is InChI=1S/C21H22N4O2S/c1-13-23-18(12-28-13)16-9-19(25(2)11-16)21(27)22-10-14-4-3-5-17(8-14)24-20(26)15-6-7-15/h3-5,8-9,11-12,15H,6-7,10H2,1-2H3,(H,22,27)(H,24,26). The van der Waals surface area contributed by atoms with E-state index in [1.54, 1.807) is 11.3 Å². The van der Waals surface area contributed by atoms with Gasteiger partial charge in [-0.15, -0.1) is 11.3 Å². The van der Waals surface area contributed by atoms with Crippen LogP contribution in [-0.4, -0.2) is 21.4 Å². The number of aromatic nitrogens is 2. The first kappa shape index (κ1) is 18.4. The Hall–Kier alpha value is -2.93. The van der Waals surface area contributed by atoms with E-state index in [0.29, 0.717) is 12.2 Å². The quantitative estimate of drug-likeness (QED) is 0.669. The Morgan fingerprint density at radius 2 is 2.11 bits per heavy atom. The van der Waals surface area contributed by atoms with Gasteiger partial charge in [-0.2, -0.15) is 0 Å². The molecule has 0 aliphatic heterocycles. The summed E-state index contributed by atoms with van der Waals surface area (Å²) in [5, 5.41) is 8.88. The second-order valence-corrected chi connectivity index (χ2v) is 8.19. The number of rotatable bonds is 6. The maximum atomic E-state index is 12.6. The summed E-state index contributed by atoms with van der Waals surface area (Å²) in [6.07, 6.45) is 3.86. The monoisotopic (exact) mass is 394 g/mol. The zero-order chi connectivity index (χ0) is 19.7. The third-order valence-electron chi connectivity index (χ3n) is 4.75. The SMILES string of the molecule is Cc1nc(-c2cc(C(=O)NCc3cccc(NC(=O)C4CC4)c3)n(C)c2)cs1. The molecule has 1 aromatic carbocycles. The van der Waals surface area contributed by atoms with Gasteiger partial charge in [0.2, 0.25) is 5.91 Å². The largest absolute Gasteiger partial charge is 0.347 e. The lowest BCUT2D eigenvalue weighted by molar-refractivity contribution is -0.117. The summed E-state index contributed by atoms with van der Waals surface area (Å²) in [5.41, 5.74) is 4.10. The summed E-state index contributed by atoms with van der Waals surface area (Å²) in [7, 11) is 1.85. The van der Waals surface area contributed by atoms with Crippen LogP contribution in [0.15, 0.2) is 41.9 Å². The van der Waals surface area contributed by atoms with Crippen LogP contribution in [0, 0.1) is 12.8 Å². The molecule has 1 aliphatic rings. The lowest BCUT2D eigenvalue weighted by Crippen LogP contribution is -2.24. The predicted octanol–water partition coefficient (Wildman–Crippen LogP) is 3.74. The molecule has 7 heteroatoms. The van der Waals surface area contributed by atoms with E-state index in [2.05, 4.69) is 15.6 Å². The molecule has 1 saturated carbocycles. The van der Waals surface area contributed by atoms with Crippen LogP contribution in [0.2, 0.25) is 0 Å². The van der Waals surface area contributed by atoms with Gasteiger partial charge in [-0.05, 0) is 43.5 Å². The molecule has 0 saturated heterocycles. The Bertz CT molecular complexity index is 1030. The second-order valence-electron chi connectivity index (χ2n) is 7.12. The minimum atomic E-state index is -0.145. The van der Waals surface area contributed by atoms with Gasteiger partial charge in [0.25, 0.3) is 5.91 Å². The maximum Gasteiger partial charge on any atom is 0.268 e. The molecule has 6 nitrogen and oxygen atoms in total. The Kier molecular flexibility index (Phi) is 5.00. The Morgan fingerprint density at radius 3 is 2.82 bits per heavy atom. The van der Waals surface area contributed by atoms with Crippen molar-refractivity contribution in [1.82, 2.24) is 14.9 Å². The molecule has 4 rings (SSSR count). The van der Waals surface area contributed by atoms with Crippen molar-refractivity contribution < 1.29 is 9.59 Å². The van der Waals surface area contributed by atoms with E-state index in [1.165, 1.54) is 0 Å². The molecule has 2 heterocycles. The normalized spacial score (nSPS) is 13.4. The number of nitrogens with one attached hydrogen (secondary N) is 2. The molecule has 144 valence electrons. The van der Waals surface area contributed by atoms with Crippen LogP contribution in [0.5, 0.6) is 0 Å². The summed E-state index contributed by atoms with van der Waals surface area (Å²) >= 11 is 1.59. The average molecular weight is 395 g/mol. The minimum Gasteiger partial charge on any atom is -0.347 e. The molecule has 1 aliphatic carbocycles. The van der Waals surface area contributed by atoms with Crippen LogP contribution in [0.3, 0.4) is 0 Å². The number of nitrogens with zero attached hydrogens (tertiary/aromatic N) is 2. The maximum absolute atomic E-state index is 12.6. The fourth-order valence-electron chi connectivity index (χ4n) is 3.05. The second kappa shape index (κ2) is 7.59. The van der Waals surface area contributed by atoms with E-state index in [1.807, 2.05) is 60.4 Å². The molecule has 0 radical (unpaired) electrons. The first-order chi connectivity index (χ1) is 13.5. The van der Waals surface area contributed by atoms with Gasteiger partial charge >= 0.3 is 0 Å². The summed E-state index contributed by atoms with van der Waals surface area (Å²) in [5.74, 6) is 0.0966. The molecule has 3 aromatic rings. The van der Waals surface area contributed by atoms with Gasteiger partial charge in [-0.25, -0.2) is 4.98 Å². The van der Waals surface area contributed by atoms with E-state index in [9.17, 15) is 9.59 Å². The predicted molar refractivity (Wildman–Crippen MR) is 110 cm³/mol. The summed E-state index contributed by atoms with van der Waals surface area (Å²) in [6.45, 7) is 2.36. The van der Waals surface area contributed by atoms with E-state index in [4.69, 9.17) is 0 Å². The molecule has 0 atom stereocenters. The van der Waals surface area contributed by atoms with Crippen LogP contribution in [0.25, 0.3) is 11.3 Å². The number of anilines is 1. The van der Waals surface area contributed by atoms with Crippen LogP contribution in [-0.2, 0) is 18.4 Å². The number of benzene rings is 1. The highest BCUT2D eigenvalue weighted by Crippen LogP contribution is 2.30. The number of carbonyl (C=O) groups is 2. The number of aryl methyl sites for hydroxylation is 2. The summed E-state index contributed by atoms with van der Waals surface area (Å²) in [4.78, 5) is 29.0. The molecule has 28 heavy (non-hydrogen) atoms. The first-order valence-electron chi connectivity index (χ1n) is 9.26. The Balaban J connectivity index is 1.40. The number of hydrogen-bond acceptors (Lipinski definition) is 4. The van der Waals surface area contributed by atoms with Crippen molar-refractivity contribution >= 4 is 28.8 Å². The van der Waals surface area contributed by atoms with E-state index >= 15 is 0 Å². The van der Waals surface area contributed by atoms with Crippen LogP contribution >= 0.6 is 11.3 Å². The van der Waals surface area contributed by atoms with Crippen molar-refractivity contribution in [2.75, 3.05) is 5.32 Å². The van der Waals surface area contributed by atoms with E-state index < -0.39 is 0 Å². The highest BCUT2D eigenvalue weighted by atomic mass is 32.1. The van der Waals surface area contributed by atoms with Gasteiger partial charge in [-0.3, -0.25) is 9.59 Å². The van der Waals surface area contributed by atoms with Gasteiger partial charge in [0.05, 0.1) is 10.7 Å². The molecule has 2 amide bonds. The van der Waals surface area contributed by atoms with Crippen molar-refractivity contribution in [1.29, 1.82) is 0 Å². The van der Waals surface area contributed by atoms with Crippen molar-refractivity contribution in [3.05, 3.63) is 58.2 Å². The van der Waals surface area contributed by atoms with E-state index in [-0.39, 0.29) is 17.7 Å². The van der Waals surface area contributed by atoms with E-state index in [0.717, 1.165) is 40.4 Å². The molecule has 2 N–H and O–H groups in total. The lowest BCUT2D eigenvalue weighted by atomic mass is 10.2. The van der Waals surface area contributed by atoms with Crippen LogP contribution in [0.4, 0.5) is 5.69 Å².